The Bertz CT molecular complexity index is 591. The van der Waals surface area contributed by atoms with E-state index in [9.17, 15) is 0 Å². The quantitative estimate of drug-likeness (QED) is 0.673. The summed E-state index contributed by atoms with van der Waals surface area (Å²) in [5.41, 5.74) is 1.07. The third kappa shape index (κ3) is 4.31. The van der Waals surface area contributed by atoms with Crippen LogP contribution >= 0.6 is 23.1 Å². The van der Waals surface area contributed by atoms with Crippen molar-refractivity contribution >= 4 is 23.1 Å². The maximum Gasteiger partial charge on any atom is 0.118 e. The molecular weight excluding hydrogens is 288 g/mol. The fourth-order valence-electron chi connectivity index (χ4n) is 1.60. The highest BCUT2D eigenvalue weighted by Crippen LogP contribution is 2.28. The molecule has 0 spiro atoms. The lowest BCUT2D eigenvalue weighted by molar-refractivity contribution is 0.305. The summed E-state index contributed by atoms with van der Waals surface area (Å²) in [5, 5.41) is 10.8. The molecule has 20 heavy (non-hydrogen) atoms. The van der Waals surface area contributed by atoms with Gasteiger partial charge >= 0.3 is 0 Å². The highest BCUT2D eigenvalue weighted by atomic mass is 32.2. The Morgan fingerprint density at radius 2 is 2.05 bits per heavy atom. The Labute approximate surface area is 127 Å². The summed E-state index contributed by atoms with van der Waals surface area (Å²) in [7, 11) is 1.67. The van der Waals surface area contributed by atoms with Crippen LogP contribution in [0.5, 0.6) is 5.75 Å². The lowest BCUT2D eigenvalue weighted by atomic mass is 10.2. The molecule has 0 aliphatic rings. The minimum Gasteiger partial charge on any atom is -0.497 e. The SMILES string of the molecule is COc1ccc(SCc2sccc2C#CCCO)cc1. The van der Waals surface area contributed by atoms with Crippen molar-refractivity contribution in [2.45, 2.75) is 17.1 Å². The molecule has 0 bridgehead atoms. The highest BCUT2D eigenvalue weighted by molar-refractivity contribution is 7.98. The molecule has 0 aliphatic carbocycles. The first-order valence-electron chi connectivity index (χ1n) is 6.26. The molecule has 0 radical (unpaired) electrons. The first kappa shape index (κ1) is 15.0. The highest BCUT2D eigenvalue weighted by Gasteiger charge is 2.03. The fraction of sp³-hybridized carbons (Fsp3) is 0.250. The molecule has 4 heteroatoms. The monoisotopic (exact) mass is 304 g/mol. The molecule has 1 N–H and O–H groups in total. The number of ether oxygens (including phenoxy) is 1. The Hall–Kier alpha value is -1.41. The lowest BCUT2D eigenvalue weighted by Gasteiger charge is -2.03. The number of rotatable bonds is 5. The maximum absolute atomic E-state index is 8.74. The Morgan fingerprint density at radius 1 is 1.25 bits per heavy atom. The molecule has 0 saturated carbocycles. The van der Waals surface area contributed by atoms with Gasteiger partial charge in [0, 0.05) is 27.5 Å². The number of thiophene rings is 1. The van der Waals surface area contributed by atoms with E-state index < -0.39 is 0 Å². The van der Waals surface area contributed by atoms with Crippen molar-refractivity contribution in [3.8, 4) is 17.6 Å². The first-order valence-corrected chi connectivity index (χ1v) is 8.13. The zero-order valence-corrected chi connectivity index (χ0v) is 12.9. The van der Waals surface area contributed by atoms with Gasteiger partial charge in [0.15, 0.2) is 0 Å². The van der Waals surface area contributed by atoms with Crippen molar-refractivity contribution in [1.29, 1.82) is 0 Å². The van der Waals surface area contributed by atoms with Gasteiger partial charge in [-0.25, -0.2) is 0 Å². The van der Waals surface area contributed by atoms with Crippen LogP contribution in [0.3, 0.4) is 0 Å². The standard InChI is InChI=1S/C16H16O2S2/c1-18-14-5-7-15(8-6-14)20-12-16-13(9-11-19-16)4-2-3-10-17/h5-9,11,17H,3,10,12H2,1H3. The third-order valence-corrected chi connectivity index (χ3v) is 4.78. The molecule has 0 fully saturated rings. The van der Waals surface area contributed by atoms with E-state index >= 15 is 0 Å². The second-order valence-corrected chi connectivity index (χ2v) is 6.05. The number of aliphatic hydroxyl groups is 1. The summed E-state index contributed by atoms with van der Waals surface area (Å²) in [4.78, 5) is 2.49. The van der Waals surface area contributed by atoms with Gasteiger partial charge in [-0.15, -0.1) is 23.1 Å². The van der Waals surface area contributed by atoms with E-state index in [-0.39, 0.29) is 6.61 Å². The van der Waals surface area contributed by atoms with Gasteiger partial charge in [0.05, 0.1) is 13.7 Å². The number of thioether (sulfide) groups is 1. The molecule has 1 aromatic heterocycles. The van der Waals surface area contributed by atoms with E-state index in [1.165, 1.54) is 9.77 Å². The van der Waals surface area contributed by atoms with Gasteiger partial charge in [0.2, 0.25) is 0 Å². The minimum absolute atomic E-state index is 0.118. The summed E-state index contributed by atoms with van der Waals surface area (Å²) in [5.74, 6) is 7.87. The van der Waals surface area contributed by atoms with Crippen molar-refractivity contribution in [3.05, 3.63) is 46.2 Å². The third-order valence-electron chi connectivity index (χ3n) is 2.63. The minimum atomic E-state index is 0.118. The molecule has 0 unspecified atom stereocenters. The largest absolute Gasteiger partial charge is 0.497 e. The van der Waals surface area contributed by atoms with E-state index in [4.69, 9.17) is 9.84 Å². The number of hydrogen-bond donors (Lipinski definition) is 1. The van der Waals surface area contributed by atoms with Crippen LogP contribution in [0, 0.1) is 11.8 Å². The topological polar surface area (TPSA) is 29.5 Å². The van der Waals surface area contributed by atoms with E-state index in [2.05, 4.69) is 29.4 Å². The maximum atomic E-state index is 8.74. The summed E-state index contributed by atoms with van der Waals surface area (Å²) in [6.45, 7) is 0.118. The van der Waals surface area contributed by atoms with E-state index in [1.54, 1.807) is 30.2 Å². The second kappa shape index (κ2) is 8.01. The van der Waals surface area contributed by atoms with Crippen molar-refractivity contribution in [2.75, 3.05) is 13.7 Å². The predicted molar refractivity (Wildman–Crippen MR) is 85.5 cm³/mol. The number of hydrogen-bond acceptors (Lipinski definition) is 4. The van der Waals surface area contributed by atoms with Gasteiger partial charge < -0.3 is 9.84 Å². The Kier molecular flexibility index (Phi) is 6.00. The number of benzene rings is 1. The average Bonchev–Trinajstić information content (AvgIpc) is 2.93. The summed E-state index contributed by atoms with van der Waals surface area (Å²) >= 11 is 3.51. The molecule has 2 aromatic rings. The van der Waals surface area contributed by atoms with Gasteiger partial charge in [-0.1, -0.05) is 11.8 Å². The average molecular weight is 304 g/mol. The van der Waals surface area contributed by atoms with Gasteiger partial charge in [-0.3, -0.25) is 0 Å². The summed E-state index contributed by atoms with van der Waals surface area (Å²) in [6, 6.07) is 10.1. The zero-order valence-electron chi connectivity index (χ0n) is 11.3. The molecule has 2 nitrogen and oxygen atoms in total. The molecule has 2 rings (SSSR count). The molecule has 0 atom stereocenters. The molecule has 0 aliphatic heterocycles. The van der Waals surface area contributed by atoms with Crippen LogP contribution in [-0.2, 0) is 5.75 Å². The zero-order chi connectivity index (χ0) is 14.2. The molecule has 0 saturated heterocycles. The van der Waals surface area contributed by atoms with Crippen LogP contribution in [0.2, 0.25) is 0 Å². The molecule has 1 aromatic carbocycles. The van der Waals surface area contributed by atoms with Crippen molar-refractivity contribution in [2.24, 2.45) is 0 Å². The van der Waals surface area contributed by atoms with Gasteiger partial charge in [0.1, 0.15) is 5.75 Å². The Balaban J connectivity index is 1.97. The van der Waals surface area contributed by atoms with Gasteiger partial charge in [-0.05, 0) is 35.7 Å². The van der Waals surface area contributed by atoms with Crippen LogP contribution < -0.4 is 4.74 Å². The smallest absolute Gasteiger partial charge is 0.118 e. The van der Waals surface area contributed by atoms with Crippen LogP contribution in [0.1, 0.15) is 16.9 Å². The molecule has 1 heterocycles. The molecular formula is C16H16O2S2. The fourth-order valence-corrected chi connectivity index (χ4v) is 3.44. The van der Waals surface area contributed by atoms with Gasteiger partial charge in [0.25, 0.3) is 0 Å². The predicted octanol–water partition coefficient (Wildman–Crippen LogP) is 3.78. The van der Waals surface area contributed by atoms with Crippen molar-refractivity contribution in [1.82, 2.24) is 0 Å². The Morgan fingerprint density at radius 3 is 2.75 bits per heavy atom. The first-order chi connectivity index (χ1) is 9.83. The summed E-state index contributed by atoms with van der Waals surface area (Å²) in [6.07, 6.45) is 0.529. The van der Waals surface area contributed by atoms with Crippen molar-refractivity contribution in [3.63, 3.8) is 0 Å². The van der Waals surface area contributed by atoms with Crippen LogP contribution in [-0.4, -0.2) is 18.8 Å². The second-order valence-electron chi connectivity index (χ2n) is 4.00. The van der Waals surface area contributed by atoms with E-state index in [0.29, 0.717) is 6.42 Å². The number of methoxy groups -OCH3 is 1. The molecule has 104 valence electrons. The normalized spacial score (nSPS) is 9.90. The van der Waals surface area contributed by atoms with E-state index in [0.717, 1.165) is 17.1 Å². The van der Waals surface area contributed by atoms with E-state index in [1.807, 2.05) is 18.2 Å². The van der Waals surface area contributed by atoms with Gasteiger partial charge in [-0.2, -0.15) is 0 Å². The van der Waals surface area contributed by atoms with Crippen LogP contribution in [0.4, 0.5) is 0 Å². The van der Waals surface area contributed by atoms with Crippen LogP contribution in [0.15, 0.2) is 40.6 Å². The lowest BCUT2D eigenvalue weighted by Crippen LogP contribution is -1.83. The van der Waals surface area contributed by atoms with Crippen LogP contribution in [0.25, 0.3) is 0 Å². The molecule has 0 amide bonds. The van der Waals surface area contributed by atoms with Crippen molar-refractivity contribution < 1.29 is 9.84 Å². The number of aliphatic hydroxyl groups excluding tert-OH is 1. The summed E-state index contributed by atoms with van der Waals surface area (Å²) < 4.78 is 5.15.